The highest BCUT2D eigenvalue weighted by Crippen LogP contribution is 2.11. The number of carbonyl (C=O) groups is 2. The molecule has 18 heavy (non-hydrogen) atoms. The van der Waals surface area contributed by atoms with Crippen LogP contribution in [0.4, 0.5) is 0 Å². The maximum Gasteiger partial charge on any atom is 0.320 e. The molecule has 0 spiro atoms. The maximum absolute atomic E-state index is 11.0. The van der Waals surface area contributed by atoms with Gasteiger partial charge in [0.15, 0.2) is 0 Å². The van der Waals surface area contributed by atoms with Gasteiger partial charge in [-0.3, -0.25) is 9.59 Å². The van der Waals surface area contributed by atoms with Gasteiger partial charge in [-0.1, -0.05) is 24.3 Å². The Morgan fingerprint density at radius 1 is 0.889 bits per heavy atom. The van der Waals surface area contributed by atoms with Gasteiger partial charge in [-0.2, -0.15) is 0 Å². The Bertz CT molecular complexity index is 381. The first-order valence-electron chi connectivity index (χ1n) is 5.45. The van der Waals surface area contributed by atoms with Crippen LogP contribution in [0.5, 0.6) is 0 Å². The van der Waals surface area contributed by atoms with Crippen LogP contribution in [0, 0.1) is 0 Å². The van der Waals surface area contributed by atoms with E-state index in [9.17, 15) is 9.59 Å². The first-order chi connectivity index (χ1) is 8.67. The van der Waals surface area contributed by atoms with Crippen LogP contribution in [0.1, 0.15) is 11.1 Å². The number of hydrogen-bond acceptors (Lipinski definition) is 6. The minimum absolute atomic E-state index is 0.104. The summed E-state index contributed by atoms with van der Waals surface area (Å²) >= 11 is 0. The number of benzene rings is 1. The fourth-order valence-corrected chi connectivity index (χ4v) is 1.27. The molecule has 0 unspecified atom stereocenters. The molecule has 0 saturated carbocycles. The molecule has 6 heteroatoms. The van der Waals surface area contributed by atoms with Crippen LogP contribution in [0.25, 0.3) is 0 Å². The zero-order chi connectivity index (χ0) is 13.4. The van der Waals surface area contributed by atoms with Crippen molar-refractivity contribution in [1.29, 1.82) is 0 Å². The normalized spacial score (nSPS) is 9.89. The van der Waals surface area contributed by atoms with E-state index in [0.717, 1.165) is 11.1 Å². The number of nitrogens with two attached hydrogens (primary N) is 2. The van der Waals surface area contributed by atoms with Gasteiger partial charge in [-0.25, -0.2) is 0 Å². The van der Waals surface area contributed by atoms with Crippen LogP contribution in [0.2, 0.25) is 0 Å². The lowest BCUT2D eigenvalue weighted by molar-refractivity contribution is -0.144. The number of ether oxygens (including phenoxy) is 2. The monoisotopic (exact) mass is 252 g/mol. The summed E-state index contributed by atoms with van der Waals surface area (Å²) in [6, 6.07) is 7.19. The van der Waals surface area contributed by atoms with E-state index in [0.29, 0.717) is 0 Å². The minimum Gasteiger partial charge on any atom is -0.460 e. The molecule has 0 fully saturated rings. The Labute approximate surface area is 105 Å². The summed E-state index contributed by atoms with van der Waals surface area (Å²) in [6.45, 7) is -0.118. The smallest absolute Gasteiger partial charge is 0.320 e. The molecule has 1 aromatic carbocycles. The van der Waals surface area contributed by atoms with E-state index < -0.39 is 11.9 Å². The van der Waals surface area contributed by atoms with Gasteiger partial charge in [-0.05, 0) is 11.1 Å². The van der Waals surface area contributed by atoms with E-state index in [1.165, 1.54) is 0 Å². The molecule has 0 saturated heterocycles. The van der Waals surface area contributed by atoms with Crippen molar-refractivity contribution in [3.05, 3.63) is 35.4 Å². The fraction of sp³-hybridized carbons (Fsp3) is 0.333. The van der Waals surface area contributed by atoms with Crippen LogP contribution >= 0.6 is 0 Å². The van der Waals surface area contributed by atoms with Gasteiger partial charge < -0.3 is 20.9 Å². The molecular weight excluding hydrogens is 236 g/mol. The van der Waals surface area contributed by atoms with E-state index in [1.54, 1.807) is 24.3 Å². The Hall–Kier alpha value is -1.92. The Morgan fingerprint density at radius 3 is 1.61 bits per heavy atom. The first kappa shape index (κ1) is 14.1. The van der Waals surface area contributed by atoms with E-state index >= 15 is 0 Å². The third-order valence-electron chi connectivity index (χ3n) is 2.23. The lowest BCUT2D eigenvalue weighted by atomic mass is 10.1. The van der Waals surface area contributed by atoms with Gasteiger partial charge in [-0.15, -0.1) is 0 Å². The van der Waals surface area contributed by atoms with E-state index in [-0.39, 0.29) is 26.3 Å². The zero-order valence-electron chi connectivity index (χ0n) is 9.93. The second kappa shape index (κ2) is 7.41. The second-order valence-corrected chi connectivity index (χ2v) is 3.50. The molecule has 98 valence electrons. The molecular formula is C12H16N2O4. The molecule has 0 aliphatic rings. The molecule has 4 N–H and O–H groups in total. The van der Waals surface area contributed by atoms with Crippen molar-refractivity contribution < 1.29 is 19.1 Å². The summed E-state index contributed by atoms with van der Waals surface area (Å²) in [5.74, 6) is -0.965. The SMILES string of the molecule is NCC(=O)OCc1ccccc1COC(=O)CN. The van der Waals surface area contributed by atoms with Gasteiger partial charge in [0.1, 0.15) is 13.2 Å². The Morgan fingerprint density at radius 2 is 1.28 bits per heavy atom. The molecule has 0 heterocycles. The van der Waals surface area contributed by atoms with Gasteiger partial charge in [0.05, 0.1) is 13.1 Å². The van der Waals surface area contributed by atoms with Crippen LogP contribution in [0.3, 0.4) is 0 Å². The summed E-state index contributed by atoms with van der Waals surface area (Å²) in [5.41, 5.74) is 11.8. The van der Waals surface area contributed by atoms with Crippen molar-refractivity contribution in [2.45, 2.75) is 13.2 Å². The number of carbonyl (C=O) groups excluding carboxylic acids is 2. The minimum atomic E-state index is -0.483. The van der Waals surface area contributed by atoms with E-state index in [2.05, 4.69) is 0 Å². The Balaban J connectivity index is 2.61. The lowest BCUT2D eigenvalue weighted by Gasteiger charge is -2.10. The molecule has 0 amide bonds. The largest absolute Gasteiger partial charge is 0.460 e. The standard InChI is InChI=1S/C12H16N2O4/c13-5-11(15)17-7-9-3-1-2-4-10(9)8-18-12(16)6-14/h1-4H,5-8,13-14H2. The first-order valence-corrected chi connectivity index (χ1v) is 5.45. The zero-order valence-corrected chi connectivity index (χ0v) is 9.93. The second-order valence-electron chi connectivity index (χ2n) is 3.50. The average Bonchev–Trinajstić information content (AvgIpc) is 2.42. The number of hydrogen-bond donors (Lipinski definition) is 2. The van der Waals surface area contributed by atoms with E-state index in [1.807, 2.05) is 0 Å². The van der Waals surface area contributed by atoms with E-state index in [4.69, 9.17) is 20.9 Å². The maximum atomic E-state index is 11.0. The van der Waals surface area contributed by atoms with Crippen molar-refractivity contribution >= 4 is 11.9 Å². The van der Waals surface area contributed by atoms with Gasteiger partial charge in [0.25, 0.3) is 0 Å². The van der Waals surface area contributed by atoms with Gasteiger partial charge >= 0.3 is 11.9 Å². The summed E-state index contributed by atoms with van der Waals surface area (Å²) < 4.78 is 9.84. The molecule has 0 atom stereocenters. The summed E-state index contributed by atoms with van der Waals surface area (Å²) in [5, 5.41) is 0. The van der Waals surface area contributed by atoms with Crippen molar-refractivity contribution in [1.82, 2.24) is 0 Å². The van der Waals surface area contributed by atoms with Gasteiger partial charge in [0.2, 0.25) is 0 Å². The highest BCUT2D eigenvalue weighted by atomic mass is 16.5. The molecule has 0 radical (unpaired) electrons. The molecule has 0 bridgehead atoms. The van der Waals surface area contributed by atoms with Crippen molar-refractivity contribution in [2.24, 2.45) is 11.5 Å². The van der Waals surface area contributed by atoms with Crippen LogP contribution < -0.4 is 11.5 Å². The number of esters is 2. The van der Waals surface area contributed by atoms with Crippen molar-refractivity contribution in [3.63, 3.8) is 0 Å². The highest BCUT2D eigenvalue weighted by molar-refractivity contribution is 5.71. The average molecular weight is 252 g/mol. The molecule has 0 aromatic heterocycles. The summed E-state index contributed by atoms with van der Waals surface area (Å²) in [4.78, 5) is 21.9. The Kier molecular flexibility index (Phi) is 5.83. The van der Waals surface area contributed by atoms with Crippen LogP contribution in [-0.4, -0.2) is 25.0 Å². The third-order valence-corrected chi connectivity index (χ3v) is 2.23. The third kappa shape index (κ3) is 4.52. The topological polar surface area (TPSA) is 105 Å². The molecule has 6 nitrogen and oxygen atoms in total. The van der Waals surface area contributed by atoms with Crippen molar-refractivity contribution in [3.8, 4) is 0 Å². The summed E-state index contributed by atoms with van der Waals surface area (Å²) in [7, 11) is 0. The van der Waals surface area contributed by atoms with Crippen molar-refractivity contribution in [2.75, 3.05) is 13.1 Å². The number of rotatable bonds is 6. The molecule has 0 aliphatic carbocycles. The predicted molar refractivity (Wildman–Crippen MR) is 64.1 cm³/mol. The lowest BCUT2D eigenvalue weighted by Crippen LogP contribution is -2.18. The molecule has 1 aromatic rings. The van der Waals surface area contributed by atoms with Gasteiger partial charge in [0, 0.05) is 0 Å². The predicted octanol–water partition coefficient (Wildman–Crippen LogP) is -0.310. The summed E-state index contributed by atoms with van der Waals surface area (Å²) in [6.07, 6.45) is 0. The highest BCUT2D eigenvalue weighted by Gasteiger charge is 2.07. The molecule has 1 rings (SSSR count). The fourth-order valence-electron chi connectivity index (χ4n) is 1.27. The van der Waals surface area contributed by atoms with Crippen LogP contribution in [0.15, 0.2) is 24.3 Å². The quantitative estimate of drug-likeness (QED) is 0.673. The molecule has 0 aliphatic heterocycles. The van der Waals surface area contributed by atoms with Crippen LogP contribution in [-0.2, 0) is 32.3 Å².